The summed E-state index contributed by atoms with van der Waals surface area (Å²) in [5, 5.41) is 3.22. The first kappa shape index (κ1) is 13.9. The van der Waals surface area contributed by atoms with Gasteiger partial charge in [0.1, 0.15) is 5.82 Å². The minimum atomic E-state index is -2.38. The van der Waals surface area contributed by atoms with Crippen molar-refractivity contribution in [3.05, 3.63) is 42.5 Å². The third-order valence-corrected chi connectivity index (χ3v) is 3.40. The fourth-order valence-corrected chi connectivity index (χ4v) is 2.23. The van der Waals surface area contributed by atoms with Gasteiger partial charge < -0.3 is 9.88 Å². The highest BCUT2D eigenvalue weighted by Gasteiger charge is 2.05. The number of hydrogen-bond acceptors (Lipinski definition) is 3. The minimum absolute atomic E-state index is 0.551. The van der Waals surface area contributed by atoms with Gasteiger partial charge in [-0.3, -0.25) is 0 Å². The van der Waals surface area contributed by atoms with E-state index in [1.54, 1.807) is 30.5 Å². The fourth-order valence-electron chi connectivity index (χ4n) is 1.73. The number of nitrogens with zero attached hydrogens (tertiary/aromatic N) is 2. The summed E-state index contributed by atoms with van der Waals surface area (Å²) in [6, 6.07) is 6.96. The van der Waals surface area contributed by atoms with Crippen LogP contribution in [0.3, 0.4) is 0 Å². The van der Waals surface area contributed by atoms with Gasteiger partial charge in [0.2, 0.25) is 0 Å². The number of anilines is 1. The maximum absolute atomic E-state index is 12.2. The number of thioether (sulfide) groups is 1. The van der Waals surface area contributed by atoms with Crippen molar-refractivity contribution in [1.29, 1.82) is 0 Å². The van der Waals surface area contributed by atoms with Gasteiger partial charge in [0, 0.05) is 29.5 Å². The summed E-state index contributed by atoms with van der Waals surface area (Å²) in [4.78, 5) is 4.82. The summed E-state index contributed by atoms with van der Waals surface area (Å²) in [6.45, 7) is 3.55. The molecule has 0 aliphatic rings. The summed E-state index contributed by atoms with van der Waals surface area (Å²) < 4.78 is 26.4. The molecule has 0 aliphatic heterocycles. The molecule has 0 atom stereocenters. The van der Waals surface area contributed by atoms with Gasteiger partial charge in [0.25, 0.3) is 5.76 Å². The minimum Gasteiger partial charge on any atom is -0.378 e. The van der Waals surface area contributed by atoms with Crippen LogP contribution in [0.5, 0.6) is 0 Å². The number of aromatic nitrogens is 2. The van der Waals surface area contributed by atoms with Gasteiger partial charge in [-0.25, -0.2) is 4.98 Å². The second kappa shape index (κ2) is 6.56. The van der Waals surface area contributed by atoms with Crippen molar-refractivity contribution < 1.29 is 8.78 Å². The molecule has 0 saturated carbocycles. The van der Waals surface area contributed by atoms with Crippen molar-refractivity contribution in [2.24, 2.45) is 0 Å². The lowest BCUT2D eigenvalue weighted by Gasteiger charge is -2.08. The molecule has 0 spiro atoms. The standard InChI is InChI=1S/C13H15F2N3S/c1-2-18-8-7-16-12(18)9-17-10-3-5-11(6-4-10)19-13(14)15/h3-8,13,17H,2,9H2,1H3. The van der Waals surface area contributed by atoms with E-state index < -0.39 is 5.76 Å². The number of imidazole rings is 1. The van der Waals surface area contributed by atoms with Gasteiger partial charge in [-0.05, 0) is 31.2 Å². The third-order valence-electron chi connectivity index (χ3n) is 2.67. The zero-order valence-corrected chi connectivity index (χ0v) is 11.3. The Morgan fingerprint density at radius 3 is 2.68 bits per heavy atom. The average Bonchev–Trinajstić information content (AvgIpc) is 2.84. The number of benzene rings is 1. The van der Waals surface area contributed by atoms with Crippen LogP contribution in [-0.2, 0) is 13.1 Å². The van der Waals surface area contributed by atoms with E-state index in [2.05, 4.69) is 17.2 Å². The Morgan fingerprint density at radius 1 is 1.32 bits per heavy atom. The molecule has 1 aromatic carbocycles. The van der Waals surface area contributed by atoms with E-state index in [1.165, 1.54) is 0 Å². The molecule has 102 valence electrons. The molecule has 1 aromatic heterocycles. The van der Waals surface area contributed by atoms with Crippen LogP contribution in [0, 0.1) is 0 Å². The van der Waals surface area contributed by atoms with Crippen molar-refractivity contribution in [2.45, 2.75) is 30.7 Å². The Labute approximate surface area is 115 Å². The van der Waals surface area contributed by atoms with Crippen molar-refractivity contribution >= 4 is 17.4 Å². The lowest BCUT2D eigenvalue weighted by molar-refractivity contribution is 0.252. The van der Waals surface area contributed by atoms with Crippen molar-refractivity contribution in [2.75, 3.05) is 5.32 Å². The van der Waals surface area contributed by atoms with Gasteiger partial charge in [-0.1, -0.05) is 11.8 Å². The summed E-state index contributed by atoms with van der Waals surface area (Å²) in [5.74, 6) is -1.43. The zero-order chi connectivity index (χ0) is 13.7. The molecule has 2 rings (SSSR count). The van der Waals surface area contributed by atoms with Crippen molar-refractivity contribution in [3.63, 3.8) is 0 Å². The molecule has 19 heavy (non-hydrogen) atoms. The molecule has 6 heteroatoms. The first-order chi connectivity index (χ1) is 9.19. The average molecular weight is 283 g/mol. The fraction of sp³-hybridized carbons (Fsp3) is 0.308. The molecular formula is C13H15F2N3S. The molecule has 3 nitrogen and oxygen atoms in total. The van der Waals surface area contributed by atoms with Crippen LogP contribution in [0.25, 0.3) is 0 Å². The van der Waals surface area contributed by atoms with Crippen LogP contribution in [0.15, 0.2) is 41.6 Å². The molecule has 0 saturated heterocycles. The summed E-state index contributed by atoms with van der Waals surface area (Å²) in [5.41, 5.74) is 0.893. The predicted octanol–water partition coefficient (Wildman–Crippen LogP) is 3.83. The topological polar surface area (TPSA) is 29.9 Å². The Bertz CT molecular complexity index is 511. The predicted molar refractivity (Wildman–Crippen MR) is 73.5 cm³/mol. The highest BCUT2D eigenvalue weighted by molar-refractivity contribution is 7.99. The molecule has 0 amide bonds. The number of halogens is 2. The van der Waals surface area contributed by atoms with E-state index in [9.17, 15) is 8.78 Å². The molecule has 0 unspecified atom stereocenters. The van der Waals surface area contributed by atoms with Gasteiger partial charge in [0.05, 0.1) is 6.54 Å². The third kappa shape index (κ3) is 3.96. The summed E-state index contributed by atoms with van der Waals surface area (Å²) in [7, 11) is 0. The highest BCUT2D eigenvalue weighted by atomic mass is 32.2. The Kier molecular flexibility index (Phi) is 4.79. The maximum Gasteiger partial charge on any atom is 0.288 e. The first-order valence-corrected chi connectivity index (χ1v) is 6.85. The second-order valence-corrected chi connectivity index (χ2v) is 4.95. The quantitative estimate of drug-likeness (QED) is 0.817. The van der Waals surface area contributed by atoms with Crippen LogP contribution in [0.2, 0.25) is 0 Å². The van der Waals surface area contributed by atoms with Crippen molar-refractivity contribution in [1.82, 2.24) is 9.55 Å². The van der Waals surface area contributed by atoms with E-state index in [4.69, 9.17) is 0 Å². The Morgan fingerprint density at radius 2 is 2.05 bits per heavy atom. The van der Waals surface area contributed by atoms with Gasteiger partial charge in [-0.2, -0.15) is 8.78 Å². The van der Waals surface area contributed by atoms with Crippen LogP contribution in [0.4, 0.5) is 14.5 Å². The van der Waals surface area contributed by atoms with E-state index in [0.717, 1.165) is 18.1 Å². The normalized spacial score (nSPS) is 10.9. The van der Waals surface area contributed by atoms with Crippen LogP contribution >= 0.6 is 11.8 Å². The lowest BCUT2D eigenvalue weighted by atomic mass is 10.3. The molecule has 0 aliphatic carbocycles. The van der Waals surface area contributed by atoms with E-state index >= 15 is 0 Å². The molecule has 0 fully saturated rings. The lowest BCUT2D eigenvalue weighted by Crippen LogP contribution is -2.07. The number of aryl methyl sites for hydroxylation is 1. The molecule has 0 radical (unpaired) electrons. The van der Waals surface area contributed by atoms with Crippen LogP contribution < -0.4 is 5.32 Å². The van der Waals surface area contributed by atoms with E-state index in [-0.39, 0.29) is 0 Å². The summed E-state index contributed by atoms with van der Waals surface area (Å²) in [6.07, 6.45) is 3.70. The SMILES string of the molecule is CCn1ccnc1CNc1ccc(SC(F)F)cc1. The van der Waals surface area contributed by atoms with E-state index in [0.29, 0.717) is 23.2 Å². The highest BCUT2D eigenvalue weighted by Crippen LogP contribution is 2.26. The molecule has 1 N–H and O–H groups in total. The summed E-state index contributed by atoms with van der Waals surface area (Å²) >= 11 is 0.551. The van der Waals surface area contributed by atoms with Crippen molar-refractivity contribution in [3.8, 4) is 0 Å². The largest absolute Gasteiger partial charge is 0.378 e. The first-order valence-electron chi connectivity index (χ1n) is 5.98. The van der Waals surface area contributed by atoms with E-state index in [1.807, 2.05) is 10.8 Å². The Hall–Kier alpha value is -1.56. The molecule has 1 heterocycles. The smallest absolute Gasteiger partial charge is 0.288 e. The van der Waals surface area contributed by atoms with Gasteiger partial charge >= 0.3 is 0 Å². The number of rotatable bonds is 6. The zero-order valence-electron chi connectivity index (χ0n) is 10.5. The second-order valence-electron chi connectivity index (χ2n) is 3.89. The Balaban J connectivity index is 1.93. The van der Waals surface area contributed by atoms with Gasteiger partial charge in [-0.15, -0.1) is 0 Å². The number of alkyl halides is 2. The maximum atomic E-state index is 12.2. The molecule has 0 bridgehead atoms. The molecule has 2 aromatic rings. The monoisotopic (exact) mass is 283 g/mol. The molecular weight excluding hydrogens is 268 g/mol. The van der Waals surface area contributed by atoms with Crippen LogP contribution in [0.1, 0.15) is 12.7 Å². The number of nitrogens with one attached hydrogen (secondary N) is 1. The number of hydrogen-bond donors (Lipinski definition) is 1. The van der Waals surface area contributed by atoms with Gasteiger partial charge in [0.15, 0.2) is 0 Å². The van der Waals surface area contributed by atoms with Crippen LogP contribution in [-0.4, -0.2) is 15.3 Å².